The van der Waals surface area contributed by atoms with Crippen LogP contribution in [0.3, 0.4) is 0 Å². The molecule has 0 aromatic carbocycles. The second-order valence-corrected chi connectivity index (χ2v) is 14.7. The minimum Gasteiger partial charge on any atom is -0.393 e. The lowest BCUT2D eigenvalue weighted by Crippen LogP contribution is -2.62. The first-order valence-electron chi connectivity index (χ1n) is 14.0. The number of hydrogen-bond donors (Lipinski definition) is 5. The van der Waals surface area contributed by atoms with Crippen molar-refractivity contribution in [1.82, 2.24) is 5.32 Å². The van der Waals surface area contributed by atoms with Gasteiger partial charge < -0.3 is 25.3 Å². The molecule has 4 fully saturated rings. The Morgan fingerprint density at radius 3 is 2.34 bits per heavy atom. The van der Waals surface area contributed by atoms with Crippen LogP contribution in [0.2, 0.25) is 0 Å². The summed E-state index contributed by atoms with van der Waals surface area (Å²) < 4.78 is 11.0. The summed E-state index contributed by atoms with van der Waals surface area (Å²) in [4.78, 5) is 30.2. The van der Waals surface area contributed by atoms with Gasteiger partial charge in [-0.2, -0.15) is 0 Å². The van der Waals surface area contributed by atoms with Gasteiger partial charge in [-0.05, 0) is 104 Å². The molecule has 4 saturated carbocycles. The molecule has 35 heavy (non-hydrogen) atoms. The van der Waals surface area contributed by atoms with Gasteiger partial charge in [-0.3, -0.25) is 9.36 Å². The van der Waals surface area contributed by atoms with Crippen LogP contribution in [0, 0.1) is 52.3 Å². The molecule has 0 saturated heterocycles. The molecule has 0 aromatic rings. The van der Waals surface area contributed by atoms with Gasteiger partial charge in [-0.15, -0.1) is 0 Å². The fourth-order valence-electron chi connectivity index (χ4n) is 9.77. The lowest BCUT2D eigenvalue weighted by Gasteiger charge is -2.64. The molecule has 0 spiro atoms. The first-order valence-corrected chi connectivity index (χ1v) is 15.8. The molecule has 0 aliphatic heterocycles. The van der Waals surface area contributed by atoms with Gasteiger partial charge >= 0.3 is 7.60 Å². The molecule has 5 unspecified atom stereocenters. The number of carbonyl (C=O) groups is 1. The Hall–Kier alpha value is -0.460. The Morgan fingerprint density at radius 1 is 1.03 bits per heavy atom. The van der Waals surface area contributed by atoms with E-state index in [0.29, 0.717) is 41.9 Å². The molecule has 4 aliphatic rings. The number of amides is 1. The van der Waals surface area contributed by atoms with Crippen molar-refractivity contribution in [2.75, 3.05) is 6.29 Å². The summed E-state index contributed by atoms with van der Waals surface area (Å²) in [5, 5.41) is 24.6. The van der Waals surface area contributed by atoms with E-state index in [1.165, 1.54) is 0 Å². The minimum atomic E-state index is -4.23. The van der Waals surface area contributed by atoms with Crippen molar-refractivity contribution in [3.05, 3.63) is 0 Å². The lowest BCUT2D eigenvalue weighted by atomic mass is 9.41. The summed E-state index contributed by atoms with van der Waals surface area (Å²) in [5.74, 6) is 2.53. The number of carbonyl (C=O) groups excluding carboxylic acids is 1. The zero-order valence-electron chi connectivity index (χ0n) is 22.0. The molecule has 1 amide bonds. The van der Waals surface area contributed by atoms with Crippen LogP contribution in [-0.2, 0) is 9.36 Å². The average Bonchev–Trinajstić information content (AvgIpc) is 3.14. The molecular formula is C27H48NO6P. The summed E-state index contributed by atoms with van der Waals surface area (Å²) in [6.07, 6.45) is 8.17. The van der Waals surface area contributed by atoms with Gasteiger partial charge in [0.15, 0.2) is 0 Å². The minimum absolute atomic E-state index is 0.152. The van der Waals surface area contributed by atoms with E-state index in [-0.39, 0.29) is 41.3 Å². The molecule has 4 aliphatic carbocycles. The van der Waals surface area contributed by atoms with Crippen LogP contribution in [0.5, 0.6) is 0 Å². The van der Waals surface area contributed by atoms with Crippen molar-refractivity contribution in [3.63, 3.8) is 0 Å². The van der Waals surface area contributed by atoms with E-state index in [2.05, 4.69) is 33.0 Å². The Kier molecular flexibility index (Phi) is 7.89. The van der Waals surface area contributed by atoms with Gasteiger partial charge in [-0.1, -0.05) is 34.1 Å². The predicted octanol–water partition coefficient (Wildman–Crippen LogP) is 4.28. The van der Waals surface area contributed by atoms with Gasteiger partial charge in [-0.25, -0.2) is 0 Å². The highest BCUT2D eigenvalue weighted by Gasteiger charge is 2.64. The van der Waals surface area contributed by atoms with E-state index >= 15 is 0 Å². The standard InChI is InChI=1S/C27H48NO6P/c1-5-18-22-14-17(29)10-12-27(22,4)21-11-13-26(3)19(7-8-20(26)24(21)25(18)31)16(2)6-9-23(30)28-15-35(32,33)34/h16-22,24-25,29,31H,5-15H2,1-4H3,(H,28,30)(H2,32,33,34)/t16-,17-,18-,19?,20?,21?,22+,24?,25?,26-,27-/m1/s1. The molecule has 0 bridgehead atoms. The van der Waals surface area contributed by atoms with Gasteiger partial charge in [0.1, 0.15) is 6.29 Å². The van der Waals surface area contributed by atoms with Crippen molar-refractivity contribution in [2.45, 2.75) is 104 Å². The molecule has 0 heterocycles. The van der Waals surface area contributed by atoms with Crippen LogP contribution in [0.25, 0.3) is 0 Å². The van der Waals surface area contributed by atoms with Gasteiger partial charge in [0, 0.05) is 6.42 Å². The van der Waals surface area contributed by atoms with Crippen molar-refractivity contribution < 1.29 is 29.4 Å². The molecule has 8 heteroatoms. The third-order valence-corrected chi connectivity index (χ3v) is 12.0. The number of rotatable bonds is 7. The molecule has 202 valence electrons. The summed E-state index contributed by atoms with van der Waals surface area (Å²) in [6.45, 7) is 9.33. The summed E-state index contributed by atoms with van der Waals surface area (Å²) >= 11 is 0. The molecule has 7 nitrogen and oxygen atoms in total. The summed E-state index contributed by atoms with van der Waals surface area (Å²) in [5.41, 5.74) is 0.353. The van der Waals surface area contributed by atoms with Crippen LogP contribution in [0.15, 0.2) is 0 Å². The predicted molar refractivity (Wildman–Crippen MR) is 135 cm³/mol. The highest BCUT2D eigenvalue weighted by Crippen LogP contribution is 2.69. The summed E-state index contributed by atoms with van der Waals surface area (Å²) in [6, 6.07) is 0. The molecule has 4 rings (SSSR count). The van der Waals surface area contributed by atoms with Crippen molar-refractivity contribution in [1.29, 1.82) is 0 Å². The normalized spacial score (nSPS) is 46.3. The van der Waals surface area contributed by atoms with Crippen LogP contribution < -0.4 is 5.32 Å². The van der Waals surface area contributed by atoms with Crippen LogP contribution >= 0.6 is 7.60 Å². The Morgan fingerprint density at radius 2 is 1.69 bits per heavy atom. The van der Waals surface area contributed by atoms with Crippen molar-refractivity contribution in [2.24, 2.45) is 52.3 Å². The van der Waals surface area contributed by atoms with Crippen molar-refractivity contribution in [3.8, 4) is 0 Å². The number of hydrogen-bond acceptors (Lipinski definition) is 4. The second-order valence-electron chi connectivity index (χ2n) is 13.1. The maximum absolute atomic E-state index is 12.2. The zero-order valence-corrected chi connectivity index (χ0v) is 22.9. The van der Waals surface area contributed by atoms with Crippen molar-refractivity contribution >= 4 is 13.5 Å². The SMILES string of the molecule is CC[C@H]1C(O)C2C3CCC([C@H](C)CCC(=O)NCP(=O)(O)O)[C@@]3(C)CCC2[C@@]2(C)CC[C@@H](O)C[C@@H]12. The van der Waals surface area contributed by atoms with E-state index in [1.54, 1.807) is 0 Å². The zero-order chi connectivity index (χ0) is 25.8. The fourth-order valence-corrected chi connectivity index (χ4v) is 10.2. The molecule has 5 N–H and O–H groups in total. The first-order chi connectivity index (χ1) is 16.3. The number of aliphatic hydroxyl groups excluding tert-OH is 2. The Bertz CT molecular complexity index is 832. The second kappa shape index (κ2) is 10.0. The fraction of sp³-hybridized carbons (Fsp3) is 0.963. The van der Waals surface area contributed by atoms with E-state index < -0.39 is 13.9 Å². The van der Waals surface area contributed by atoms with Gasteiger partial charge in [0.25, 0.3) is 0 Å². The monoisotopic (exact) mass is 513 g/mol. The number of aliphatic hydroxyl groups is 2. The molecular weight excluding hydrogens is 465 g/mol. The average molecular weight is 514 g/mol. The maximum atomic E-state index is 12.2. The Labute approximate surface area is 211 Å². The van der Waals surface area contributed by atoms with E-state index in [4.69, 9.17) is 9.79 Å². The first kappa shape index (κ1) is 27.6. The number of fused-ring (bicyclic) bond motifs is 5. The Balaban J connectivity index is 1.48. The quantitative estimate of drug-likeness (QED) is 0.324. The van der Waals surface area contributed by atoms with Gasteiger partial charge in [0.2, 0.25) is 5.91 Å². The van der Waals surface area contributed by atoms with Crippen LogP contribution in [0.4, 0.5) is 0 Å². The van der Waals surface area contributed by atoms with Crippen LogP contribution in [0.1, 0.15) is 91.9 Å². The molecule has 0 radical (unpaired) electrons. The van der Waals surface area contributed by atoms with E-state index in [9.17, 15) is 19.6 Å². The van der Waals surface area contributed by atoms with Gasteiger partial charge in [0.05, 0.1) is 12.2 Å². The smallest absolute Gasteiger partial charge is 0.344 e. The molecule has 11 atom stereocenters. The largest absolute Gasteiger partial charge is 0.393 e. The molecule has 0 aromatic heterocycles. The van der Waals surface area contributed by atoms with E-state index in [0.717, 1.165) is 51.4 Å². The van der Waals surface area contributed by atoms with E-state index in [1.807, 2.05) is 0 Å². The third-order valence-electron chi connectivity index (χ3n) is 11.5. The summed E-state index contributed by atoms with van der Waals surface area (Å²) in [7, 11) is -4.23. The lowest BCUT2D eigenvalue weighted by molar-refractivity contribution is -0.203. The van der Waals surface area contributed by atoms with Crippen LogP contribution in [-0.4, -0.2) is 44.4 Å². The maximum Gasteiger partial charge on any atom is 0.344 e. The number of nitrogens with one attached hydrogen (secondary N) is 1. The highest BCUT2D eigenvalue weighted by molar-refractivity contribution is 7.51. The third kappa shape index (κ3) is 5.02. The topological polar surface area (TPSA) is 127 Å². The highest BCUT2D eigenvalue weighted by atomic mass is 31.2.